The summed E-state index contributed by atoms with van der Waals surface area (Å²) < 4.78 is 0. The second-order valence-electron chi connectivity index (χ2n) is 7.76. The van der Waals surface area contributed by atoms with Crippen LogP contribution in [0, 0.1) is 5.92 Å². The summed E-state index contributed by atoms with van der Waals surface area (Å²) in [5.74, 6) is 0.778. The van der Waals surface area contributed by atoms with Gasteiger partial charge in [-0.2, -0.15) is 0 Å². The summed E-state index contributed by atoms with van der Waals surface area (Å²) in [7, 11) is 4.17. The number of nitrogens with zero attached hydrogens (tertiary/aromatic N) is 2. The van der Waals surface area contributed by atoms with Crippen LogP contribution in [-0.4, -0.2) is 53.6 Å². The molecule has 0 aromatic rings. The highest BCUT2D eigenvalue weighted by molar-refractivity contribution is 5.89. The van der Waals surface area contributed by atoms with Crippen LogP contribution < -0.4 is 5.32 Å². The van der Waals surface area contributed by atoms with E-state index in [0.29, 0.717) is 11.8 Å². The highest BCUT2D eigenvalue weighted by Gasteiger charge is 2.53. The van der Waals surface area contributed by atoms with Gasteiger partial charge in [-0.3, -0.25) is 10.1 Å². The minimum atomic E-state index is -0.253. The van der Waals surface area contributed by atoms with Crippen molar-refractivity contribution in [1.29, 1.82) is 0 Å². The van der Waals surface area contributed by atoms with Crippen molar-refractivity contribution in [2.75, 3.05) is 20.6 Å². The fourth-order valence-electron chi connectivity index (χ4n) is 3.42. The van der Waals surface area contributed by atoms with Gasteiger partial charge < -0.3 is 9.80 Å². The maximum Gasteiger partial charge on any atom is 0.244 e. The van der Waals surface area contributed by atoms with Gasteiger partial charge in [-0.1, -0.05) is 26.7 Å². The van der Waals surface area contributed by atoms with Gasteiger partial charge in [0.2, 0.25) is 5.91 Å². The first-order chi connectivity index (χ1) is 9.19. The Morgan fingerprint density at radius 2 is 1.90 bits per heavy atom. The van der Waals surface area contributed by atoms with Gasteiger partial charge in [0.15, 0.2) is 0 Å². The van der Waals surface area contributed by atoms with E-state index in [4.69, 9.17) is 0 Å². The standard InChI is InChI=1S/C16H31N3O/c1-12(2)13-17-16(9-7-8-10-16)14(20)19(13)11-15(3,4)18(5)6/h12-13,17H,7-11H2,1-6H3. The first-order valence-corrected chi connectivity index (χ1v) is 7.96. The van der Waals surface area contributed by atoms with Crippen molar-refractivity contribution in [3.05, 3.63) is 0 Å². The van der Waals surface area contributed by atoms with Gasteiger partial charge in [0, 0.05) is 12.1 Å². The second-order valence-corrected chi connectivity index (χ2v) is 7.76. The van der Waals surface area contributed by atoms with Crippen LogP contribution >= 0.6 is 0 Å². The molecular weight excluding hydrogens is 250 g/mol. The Bertz CT molecular complexity index is 370. The van der Waals surface area contributed by atoms with Gasteiger partial charge in [-0.25, -0.2) is 0 Å². The highest BCUT2D eigenvalue weighted by atomic mass is 16.2. The second kappa shape index (κ2) is 5.30. The first kappa shape index (κ1) is 15.8. The van der Waals surface area contributed by atoms with Crippen LogP contribution in [0.15, 0.2) is 0 Å². The molecule has 1 spiro atoms. The number of rotatable bonds is 4. The van der Waals surface area contributed by atoms with Gasteiger partial charge in [0.1, 0.15) is 0 Å². The van der Waals surface area contributed by atoms with Crippen LogP contribution in [0.5, 0.6) is 0 Å². The van der Waals surface area contributed by atoms with Crippen molar-refractivity contribution in [3.8, 4) is 0 Å². The molecule has 1 unspecified atom stereocenters. The van der Waals surface area contributed by atoms with Crippen LogP contribution in [0.3, 0.4) is 0 Å². The molecule has 0 bridgehead atoms. The number of likely N-dealkylation sites (N-methyl/N-ethyl adjacent to an activating group) is 1. The zero-order chi connectivity index (χ0) is 15.1. The Balaban J connectivity index is 2.22. The summed E-state index contributed by atoms with van der Waals surface area (Å²) in [4.78, 5) is 17.3. The molecule has 1 saturated heterocycles. The fraction of sp³-hybridized carbons (Fsp3) is 0.938. The third-order valence-corrected chi connectivity index (χ3v) is 5.29. The number of nitrogens with one attached hydrogen (secondary N) is 1. The predicted octanol–water partition coefficient (Wildman–Crippen LogP) is 2.05. The molecule has 1 amide bonds. The maximum absolute atomic E-state index is 13.0. The molecule has 4 nitrogen and oxygen atoms in total. The summed E-state index contributed by atoms with van der Waals surface area (Å²) >= 11 is 0. The lowest BCUT2D eigenvalue weighted by Gasteiger charge is -2.39. The van der Waals surface area contributed by atoms with Crippen molar-refractivity contribution in [2.45, 2.75) is 70.6 Å². The van der Waals surface area contributed by atoms with E-state index in [9.17, 15) is 4.79 Å². The number of hydrogen-bond acceptors (Lipinski definition) is 3. The van der Waals surface area contributed by atoms with E-state index in [0.717, 1.165) is 19.4 Å². The lowest BCUT2D eigenvalue weighted by atomic mass is 9.97. The van der Waals surface area contributed by atoms with E-state index in [1.165, 1.54) is 12.8 Å². The molecule has 0 aromatic heterocycles. The summed E-state index contributed by atoms with van der Waals surface area (Å²) in [6, 6.07) is 0. The molecular formula is C16H31N3O. The van der Waals surface area contributed by atoms with E-state index in [1.807, 2.05) is 0 Å². The number of amides is 1. The minimum absolute atomic E-state index is 0.00534. The minimum Gasteiger partial charge on any atom is -0.323 e. The van der Waals surface area contributed by atoms with Gasteiger partial charge in [0.25, 0.3) is 0 Å². The molecule has 1 aliphatic carbocycles. The van der Waals surface area contributed by atoms with Crippen molar-refractivity contribution in [2.24, 2.45) is 5.92 Å². The molecule has 0 aromatic carbocycles. The lowest BCUT2D eigenvalue weighted by Crippen LogP contribution is -2.53. The van der Waals surface area contributed by atoms with Gasteiger partial charge in [-0.15, -0.1) is 0 Å². The van der Waals surface area contributed by atoms with Crippen LogP contribution in [0.1, 0.15) is 53.4 Å². The largest absolute Gasteiger partial charge is 0.323 e. The average Bonchev–Trinajstić information content (AvgIpc) is 2.90. The molecule has 4 heteroatoms. The highest BCUT2D eigenvalue weighted by Crippen LogP contribution is 2.38. The van der Waals surface area contributed by atoms with E-state index < -0.39 is 0 Å². The summed E-state index contributed by atoms with van der Waals surface area (Å²) in [6.07, 6.45) is 4.55. The van der Waals surface area contributed by atoms with Crippen LogP contribution in [0.4, 0.5) is 0 Å². The van der Waals surface area contributed by atoms with E-state index in [-0.39, 0.29) is 17.2 Å². The van der Waals surface area contributed by atoms with Crippen molar-refractivity contribution >= 4 is 5.91 Å². The zero-order valence-corrected chi connectivity index (χ0v) is 14.0. The molecule has 20 heavy (non-hydrogen) atoms. The van der Waals surface area contributed by atoms with E-state index >= 15 is 0 Å². The lowest BCUT2D eigenvalue weighted by molar-refractivity contribution is -0.135. The number of carbonyl (C=O) groups is 1. The van der Waals surface area contributed by atoms with Crippen LogP contribution in [-0.2, 0) is 4.79 Å². The third-order valence-electron chi connectivity index (χ3n) is 5.29. The zero-order valence-electron chi connectivity index (χ0n) is 14.0. The molecule has 2 aliphatic rings. The fourth-order valence-corrected chi connectivity index (χ4v) is 3.42. The molecule has 116 valence electrons. The molecule has 1 aliphatic heterocycles. The monoisotopic (exact) mass is 281 g/mol. The Morgan fingerprint density at radius 3 is 2.35 bits per heavy atom. The van der Waals surface area contributed by atoms with Gasteiger partial charge in [0.05, 0.1) is 11.7 Å². The molecule has 1 saturated carbocycles. The molecule has 2 rings (SSSR count). The number of hydrogen-bond donors (Lipinski definition) is 1. The van der Waals surface area contributed by atoms with Crippen LogP contribution in [0.25, 0.3) is 0 Å². The molecule has 1 atom stereocenters. The molecule has 1 N–H and O–H groups in total. The summed E-state index contributed by atoms with van der Waals surface area (Å²) in [6.45, 7) is 9.61. The van der Waals surface area contributed by atoms with Gasteiger partial charge in [-0.05, 0) is 46.7 Å². The number of carbonyl (C=O) groups excluding carboxylic acids is 1. The van der Waals surface area contributed by atoms with Crippen LogP contribution in [0.2, 0.25) is 0 Å². The summed E-state index contributed by atoms with van der Waals surface area (Å²) in [5, 5.41) is 3.68. The average molecular weight is 281 g/mol. The van der Waals surface area contributed by atoms with Crippen molar-refractivity contribution in [1.82, 2.24) is 15.1 Å². The maximum atomic E-state index is 13.0. The Morgan fingerprint density at radius 1 is 1.35 bits per heavy atom. The summed E-state index contributed by atoms with van der Waals surface area (Å²) in [5.41, 5.74) is -0.258. The van der Waals surface area contributed by atoms with Gasteiger partial charge >= 0.3 is 0 Å². The molecule has 0 radical (unpaired) electrons. The molecule has 1 heterocycles. The smallest absolute Gasteiger partial charge is 0.244 e. The van der Waals surface area contributed by atoms with Crippen molar-refractivity contribution < 1.29 is 4.79 Å². The topological polar surface area (TPSA) is 35.6 Å². The Hall–Kier alpha value is -0.610. The Kier molecular flexibility index (Phi) is 4.18. The normalized spacial score (nSPS) is 26.5. The van der Waals surface area contributed by atoms with E-state index in [1.54, 1.807) is 0 Å². The Labute approximate surface area is 123 Å². The SMILES string of the molecule is CC(C)C1NC2(CCCC2)C(=O)N1CC(C)(C)N(C)C. The predicted molar refractivity (Wildman–Crippen MR) is 82.4 cm³/mol. The quantitative estimate of drug-likeness (QED) is 0.857. The third kappa shape index (κ3) is 2.60. The first-order valence-electron chi connectivity index (χ1n) is 7.96. The van der Waals surface area contributed by atoms with E-state index in [2.05, 4.69) is 56.9 Å². The van der Waals surface area contributed by atoms with Crippen molar-refractivity contribution in [3.63, 3.8) is 0 Å². The molecule has 2 fully saturated rings.